The molecule has 0 amide bonds. The van der Waals surface area contributed by atoms with Crippen LogP contribution in [0, 0.1) is 11.8 Å². The molecule has 8 rings (SSSR count). The predicted octanol–water partition coefficient (Wildman–Crippen LogP) is 6.65. The van der Waals surface area contributed by atoms with Crippen molar-refractivity contribution in [2.45, 2.75) is 100 Å². The fourth-order valence-electron chi connectivity index (χ4n) is 9.02. The third-order valence-corrected chi connectivity index (χ3v) is 10.5. The predicted molar refractivity (Wildman–Crippen MR) is 148 cm³/mol. The van der Waals surface area contributed by atoms with Gasteiger partial charge in [0.25, 0.3) is 0 Å². The maximum atomic E-state index is 6.96. The molecule has 3 saturated carbocycles. The zero-order valence-electron chi connectivity index (χ0n) is 22.2. The molecule has 5 heteroatoms. The highest BCUT2D eigenvalue weighted by Crippen LogP contribution is 2.58. The summed E-state index contributed by atoms with van der Waals surface area (Å²) < 4.78 is 6.96. The Morgan fingerprint density at radius 3 is 1.95 bits per heavy atom. The number of nitrogens with zero attached hydrogens (tertiary/aromatic N) is 4. The average Bonchev–Trinajstić information content (AvgIpc) is 3.35. The molecule has 2 aliphatic heterocycles. The molecule has 2 saturated heterocycles. The van der Waals surface area contributed by atoms with Crippen molar-refractivity contribution in [2.75, 3.05) is 0 Å². The van der Waals surface area contributed by atoms with Gasteiger partial charge in [-0.2, -0.15) is 0 Å². The van der Waals surface area contributed by atoms with Crippen molar-refractivity contribution in [1.82, 2.24) is 19.9 Å². The molecular weight excluding hydrogens is 468 g/mol. The lowest BCUT2D eigenvalue weighted by Crippen LogP contribution is -2.63. The van der Waals surface area contributed by atoms with Crippen molar-refractivity contribution in [2.24, 2.45) is 11.8 Å². The summed E-state index contributed by atoms with van der Waals surface area (Å²) in [6, 6.07) is 22.8. The minimum atomic E-state index is 0.364. The van der Waals surface area contributed by atoms with Gasteiger partial charge in [0, 0.05) is 35.2 Å². The van der Waals surface area contributed by atoms with Gasteiger partial charge in [-0.25, -0.2) is 15.0 Å². The Hall–Kier alpha value is -2.63. The van der Waals surface area contributed by atoms with E-state index in [0.717, 1.165) is 53.4 Å². The van der Waals surface area contributed by atoms with Crippen LogP contribution in [0.2, 0.25) is 0 Å². The monoisotopic (exact) mass is 506 g/mol. The maximum absolute atomic E-state index is 6.96. The Bertz CT molecular complexity index is 1220. The molecular formula is C33H38N4O. The summed E-state index contributed by atoms with van der Waals surface area (Å²) in [6.07, 6.45) is 13.8. The van der Waals surface area contributed by atoms with Gasteiger partial charge in [0.2, 0.25) is 0 Å². The van der Waals surface area contributed by atoms with E-state index in [0.29, 0.717) is 36.1 Å². The molecule has 5 fully saturated rings. The Morgan fingerprint density at radius 1 is 0.605 bits per heavy atom. The molecule has 2 aromatic carbocycles. The van der Waals surface area contributed by atoms with Gasteiger partial charge in [-0.3, -0.25) is 4.90 Å². The number of morpholine rings is 1. The third kappa shape index (κ3) is 3.76. The molecule has 0 spiro atoms. The molecule has 3 aliphatic carbocycles. The van der Waals surface area contributed by atoms with Crippen LogP contribution in [-0.4, -0.2) is 50.2 Å². The molecule has 196 valence electrons. The molecule has 0 bridgehead atoms. The van der Waals surface area contributed by atoms with Crippen molar-refractivity contribution in [3.05, 3.63) is 66.5 Å². The van der Waals surface area contributed by atoms with E-state index in [1.165, 1.54) is 51.4 Å². The molecule has 3 aromatic rings. The first-order valence-corrected chi connectivity index (χ1v) is 15.1. The summed E-state index contributed by atoms with van der Waals surface area (Å²) >= 11 is 0. The van der Waals surface area contributed by atoms with Crippen LogP contribution >= 0.6 is 0 Å². The van der Waals surface area contributed by atoms with Gasteiger partial charge >= 0.3 is 0 Å². The molecule has 5 nitrogen and oxygen atoms in total. The van der Waals surface area contributed by atoms with Gasteiger partial charge in [0.15, 0.2) is 11.6 Å². The van der Waals surface area contributed by atoms with Crippen molar-refractivity contribution < 1.29 is 4.74 Å². The fourth-order valence-corrected chi connectivity index (χ4v) is 9.02. The summed E-state index contributed by atoms with van der Waals surface area (Å²) in [7, 11) is 0. The van der Waals surface area contributed by atoms with Gasteiger partial charge in [-0.15, -0.1) is 0 Å². The molecule has 1 aromatic heterocycles. The van der Waals surface area contributed by atoms with Gasteiger partial charge in [-0.05, 0) is 50.4 Å². The summed E-state index contributed by atoms with van der Waals surface area (Å²) in [5.74, 6) is 4.30. The normalized spacial score (nSPS) is 36.2. The molecule has 0 N–H and O–H groups in total. The molecule has 5 aliphatic rings. The number of ether oxygens (including phenoxy) is 1. The van der Waals surface area contributed by atoms with E-state index < -0.39 is 0 Å². The Kier molecular flexibility index (Phi) is 5.84. The van der Waals surface area contributed by atoms with E-state index in [4.69, 9.17) is 19.7 Å². The molecule has 8 unspecified atom stereocenters. The molecule has 8 atom stereocenters. The van der Waals surface area contributed by atoms with Gasteiger partial charge in [-0.1, -0.05) is 86.3 Å². The Labute approximate surface area is 226 Å². The standard InChI is InChI=1S/C33H38N4O/c1-3-11-21(12-4-1)31-34-32(22-13-5-2-6-14-22)36-33(35-31)24-19-20-28-30-29(24)23-15-7-8-16-25(23)37(30)26-17-9-10-18-27(26)38-28/h1-6,11-14,23-30H,7-10,15-20H2. The van der Waals surface area contributed by atoms with Crippen LogP contribution in [0.15, 0.2) is 60.7 Å². The largest absolute Gasteiger partial charge is 0.372 e. The Balaban J connectivity index is 1.24. The smallest absolute Gasteiger partial charge is 0.163 e. The fraction of sp³-hybridized carbons (Fsp3) is 0.545. The van der Waals surface area contributed by atoms with E-state index in [1.807, 2.05) is 0 Å². The van der Waals surface area contributed by atoms with Gasteiger partial charge < -0.3 is 4.74 Å². The van der Waals surface area contributed by atoms with Gasteiger partial charge in [0.05, 0.1) is 12.2 Å². The third-order valence-electron chi connectivity index (χ3n) is 10.5. The van der Waals surface area contributed by atoms with Crippen LogP contribution < -0.4 is 0 Å². The van der Waals surface area contributed by atoms with E-state index in [2.05, 4.69) is 65.6 Å². The summed E-state index contributed by atoms with van der Waals surface area (Å²) in [6.45, 7) is 0. The quantitative estimate of drug-likeness (QED) is 0.398. The number of hydrogen-bond donors (Lipinski definition) is 0. The van der Waals surface area contributed by atoms with E-state index in [1.54, 1.807) is 0 Å². The second-order valence-corrected chi connectivity index (χ2v) is 12.4. The SMILES string of the molecule is c1ccc(-c2nc(-c3ccccc3)nc(C3CCC4OC5CCCCC5N5C6CCCCC6C3C45)n2)cc1. The number of fused-ring (bicyclic) bond motifs is 5. The first-order chi connectivity index (χ1) is 18.8. The highest BCUT2D eigenvalue weighted by molar-refractivity contribution is 5.61. The second-order valence-electron chi connectivity index (χ2n) is 12.4. The molecule has 3 heterocycles. The first-order valence-electron chi connectivity index (χ1n) is 15.1. The van der Waals surface area contributed by atoms with Gasteiger partial charge in [0.1, 0.15) is 5.82 Å². The summed E-state index contributed by atoms with van der Waals surface area (Å²) in [5.41, 5.74) is 2.13. The second kappa shape index (κ2) is 9.53. The summed E-state index contributed by atoms with van der Waals surface area (Å²) in [5, 5.41) is 0. The number of aromatic nitrogens is 3. The zero-order chi connectivity index (χ0) is 25.1. The molecule has 0 radical (unpaired) electrons. The Morgan fingerprint density at radius 2 is 1.24 bits per heavy atom. The summed E-state index contributed by atoms with van der Waals surface area (Å²) in [4.78, 5) is 18.5. The van der Waals surface area contributed by atoms with Crippen LogP contribution in [0.4, 0.5) is 0 Å². The molecule has 38 heavy (non-hydrogen) atoms. The van der Waals surface area contributed by atoms with Crippen molar-refractivity contribution in [1.29, 1.82) is 0 Å². The topological polar surface area (TPSA) is 51.1 Å². The van der Waals surface area contributed by atoms with Crippen molar-refractivity contribution >= 4 is 0 Å². The van der Waals surface area contributed by atoms with Crippen LogP contribution in [0.5, 0.6) is 0 Å². The minimum absolute atomic E-state index is 0.364. The number of benzene rings is 2. The van der Waals surface area contributed by atoms with Crippen molar-refractivity contribution in [3.63, 3.8) is 0 Å². The van der Waals surface area contributed by atoms with Crippen LogP contribution in [-0.2, 0) is 4.74 Å². The lowest BCUT2D eigenvalue weighted by Gasteiger charge is -2.54. The highest BCUT2D eigenvalue weighted by atomic mass is 16.5. The highest BCUT2D eigenvalue weighted by Gasteiger charge is 2.62. The van der Waals surface area contributed by atoms with Crippen LogP contribution in [0.1, 0.15) is 76.0 Å². The average molecular weight is 507 g/mol. The number of hydrogen-bond acceptors (Lipinski definition) is 5. The maximum Gasteiger partial charge on any atom is 0.163 e. The van der Waals surface area contributed by atoms with E-state index >= 15 is 0 Å². The first kappa shape index (κ1) is 23.3. The minimum Gasteiger partial charge on any atom is -0.372 e. The van der Waals surface area contributed by atoms with Crippen LogP contribution in [0.25, 0.3) is 22.8 Å². The zero-order valence-corrected chi connectivity index (χ0v) is 22.2. The van der Waals surface area contributed by atoms with Crippen molar-refractivity contribution in [3.8, 4) is 22.8 Å². The van der Waals surface area contributed by atoms with E-state index in [9.17, 15) is 0 Å². The lowest BCUT2D eigenvalue weighted by atomic mass is 9.66. The lowest BCUT2D eigenvalue weighted by molar-refractivity contribution is -0.179. The van der Waals surface area contributed by atoms with Crippen LogP contribution in [0.3, 0.4) is 0 Å². The van der Waals surface area contributed by atoms with E-state index in [-0.39, 0.29) is 0 Å². The number of rotatable bonds is 3.